The largest absolute Gasteiger partial charge is 0.315 e. The summed E-state index contributed by atoms with van der Waals surface area (Å²) in [4.78, 5) is 1.08. The van der Waals surface area contributed by atoms with Gasteiger partial charge in [0, 0.05) is 17.5 Å². The molecule has 0 saturated heterocycles. The Balaban J connectivity index is 2.11. The predicted molar refractivity (Wildman–Crippen MR) is 74.3 cm³/mol. The Morgan fingerprint density at radius 1 is 1.44 bits per heavy atom. The number of aryl methyl sites for hydroxylation is 1. The Morgan fingerprint density at radius 2 is 2.11 bits per heavy atom. The summed E-state index contributed by atoms with van der Waals surface area (Å²) in [5, 5.41) is 3.05. The molecule has 0 atom stereocenters. The number of hydrogen-bond donors (Lipinski definition) is 2. The van der Waals surface area contributed by atoms with Crippen molar-refractivity contribution in [3.05, 3.63) is 16.5 Å². The smallest absolute Gasteiger partial charge is 0.250 e. The molecule has 0 spiro atoms. The lowest BCUT2D eigenvalue weighted by molar-refractivity contribution is 0.270. The molecule has 1 heterocycles. The van der Waals surface area contributed by atoms with Crippen molar-refractivity contribution < 1.29 is 8.42 Å². The van der Waals surface area contributed by atoms with Crippen LogP contribution in [0.2, 0.25) is 0 Å². The van der Waals surface area contributed by atoms with E-state index >= 15 is 0 Å². The first-order chi connectivity index (χ1) is 8.42. The van der Waals surface area contributed by atoms with Gasteiger partial charge >= 0.3 is 0 Å². The summed E-state index contributed by atoms with van der Waals surface area (Å²) in [5.74, 6) is 0.641. The molecule has 18 heavy (non-hydrogen) atoms. The second-order valence-electron chi connectivity index (χ2n) is 5.10. The van der Waals surface area contributed by atoms with Crippen LogP contribution in [0.15, 0.2) is 10.3 Å². The standard InChI is InChI=1S/C12H20N2O2S2/c1-8-4-10(5-8)14-18(15,16)12-6-9(2)11(17-12)7-13-3/h6,8,10,13-14H,4-5,7H2,1-3H3. The summed E-state index contributed by atoms with van der Waals surface area (Å²) in [6.45, 7) is 4.81. The van der Waals surface area contributed by atoms with Crippen molar-refractivity contribution in [1.82, 2.24) is 10.0 Å². The molecule has 0 amide bonds. The van der Waals surface area contributed by atoms with Crippen molar-refractivity contribution in [2.24, 2.45) is 5.92 Å². The van der Waals surface area contributed by atoms with Crippen LogP contribution in [-0.4, -0.2) is 21.5 Å². The van der Waals surface area contributed by atoms with Crippen LogP contribution in [0, 0.1) is 12.8 Å². The normalized spacial score (nSPS) is 23.9. The zero-order chi connectivity index (χ0) is 13.3. The number of hydrogen-bond acceptors (Lipinski definition) is 4. The van der Waals surface area contributed by atoms with Gasteiger partial charge in [0.2, 0.25) is 10.0 Å². The maximum atomic E-state index is 12.2. The van der Waals surface area contributed by atoms with Crippen LogP contribution in [0.25, 0.3) is 0 Å². The molecule has 2 rings (SSSR count). The van der Waals surface area contributed by atoms with E-state index in [1.807, 2.05) is 14.0 Å². The van der Waals surface area contributed by atoms with E-state index in [1.54, 1.807) is 6.07 Å². The average molecular weight is 288 g/mol. The van der Waals surface area contributed by atoms with Gasteiger partial charge in [0.05, 0.1) is 0 Å². The topological polar surface area (TPSA) is 58.2 Å². The van der Waals surface area contributed by atoms with Crippen LogP contribution >= 0.6 is 11.3 Å². The third-order valence-electron chi connectivity index (χ3n) is 3.30. The molecular formula is C12H20N2O2S2. The molecule has 1 saturated carbocycles. The fourth-order valence-corrected chi connectivity index (χ4v) is 5.11. The van der Waals surface area contributed by atoms with Gasteiger partial charge in [0.15, 0.2) is 0 Å². The van der Waals surface area contributed by atoms with Gasteiger partial charge in [-0.2, -0.15) is 0 Å². The summed E-state index contributed by atoms with van der Waals surface area (Å²) in [5.41, 5.74) is 1.04. The summed E-state index contributed by atoms with van der Waals surface area (Å²) < 4.78 is 27.6. The van der Waals surface area contributed by atoms with Crippen LogP contribution in [0.5, 0.6) is 0 Å². The maximum absolute atomic E-state index is 12.2. The second-order valence-corrected chi connectivity index (χ2v) is 8.17. The molecule has 0 unspecified atom stereocenters. The SMILES string of the molecule is CNCc1sc(S(=O)(=O)NC2CC(C)C2)cc1C. The molecular weight excluding hydrogens is 268 g/mol. The van der Waals surface area contributed by atoms with Crippen LogP contribution in [0.1, 0.15) is 30.2 Å². The highest BCUT2D eigenvalue weighted by Crippen LogP contribution is 2.30. The first-order valence-electron chi connectivity index (χ1n) is 6.18. The first-order valence-corrected chi connectivity index (χ1v) is 8.48. The highest BCUT2D eigenvalue weighted by molar-refractivity contribution is 7.91. The zero-order valence-corrected chi connectivity index (χ0v) is 12.6. The summed E-state index contributed by atoms with van der Waals surface area (Å²) >= 11 is 1.36. The lowest BCUT2D eigenvalue weighted by Gasteiger charge is -2.32. The van der Waals surface area contributed by atoms with Crippen molar-refractivity contribution in [3.8, 4) is 0 Å². The number of thiophene rings is 1. The number of rotatable bonds is 5. The molecule has 1 aromatic heterocycles. The Labute approximate surface area is 113 Å². The van der Waals surface area contributed by atoms with E-state index in [2.05, 4.69) is 17.0 Å². The summed E-state index contributed by atoms with van der Waals surface area (Å²) in [6, 6.07) is 1.89. The van der Waals surface area contributed by atoms with Gasteiger partial charge < -0.3 is 5.32 Å². The van der Waals surface area contributed by atoms with Crippen molar-refractivity contribution in [2.45, 2.75) is 43.5 Å². The molecule has 1 aliphatic rings. The van der Waals surface area contributed by atoms with Gasteiger partial charge in [-0.3, -0.25) is 0 Å². The Hall–Kier alpha value is -0.430. The van der Waals surface area contributed by atoms with Crippen molar-refractivity contribution >= 4 is 21.4 Å². The lowest BCUT2D eigenvalue weighted by Crippen LogP contribution is -2.43. The monoisotopic (exact) mass is 288 g/mol. The molecule has 0 bridgehead atoms. The van der Waals surface area contributed by atoms with Gasteiger partial charge in [-0.25, -0.2) is 13.1 Å². The lowest BCUT2D eigenvalue weighted by atomic mass is 9.83. The Morgan fingerprint density at radius 3 is 2.67 bits per heavy atom. The zero-order valence-electron chi connectivity index (χ0n) is 11.0. The van der Waals surface area contributed by atoms with E-state index in [1.165, 1.54) is 11.3 Å². The third kappa shape index (κ3) is 2.93. The van der Waals surface area contributed by atoms with Crippen molar-refractivity contribution in [3.63, 3.8) is 0 Å². The summed E-state index contributed by atoms with van der Waals surface area (Å²) in [6.07, 6.45) is 1.90. The fourth-order valence-electron chi connectivity index (χ4n) is 2.23. The van der Waals surface area contributed by atoms with Gasteiger partial charge in [-0.1, -0.05) is 6.92 Å². The summed E-state index contributed by atoms with van der Waals surface area (Å²) in [7, 11) is -1.46. The molecule has 2 N–H and O–H groups in total. The van der Waals surface area contributed by atoms with Crippen LogP contribution in [0.4, 0.5) is 0 Å². The molecule has 0 radical (unpaired) electrons. The van der Waals surface area contributed by atoms with Crippen molar-refractivity contribution in [1.29, 1.82) is 0 Å². The van der Waals surface area contributed by atoms with E-state index in [4.69, 9.17) is 0 Å². The minimum atomic E-state index is -3.32. The van der Waals surface area contributed by atoms with Crippen LogP contribution in [0.3, 0.4) is 0 Å². The molecule has 4 nitrogen and oxygen atoms in total. The average Bonchev–Trinajstić information content (AvgIpc) is 2.59. The van der Waals surface area contributed by atoms with Crippen LogP contribution < -0.4 is 10.0 Å². The molecule has 6 heteroatoms. The Bertz CT molecular complexity index is 516. The number of nitrogens with one attached hydrogen (secondary N) is 2. The third-order valence-corrected chi connectivity index (χ3v) is 6.53. The van der Waals surface area contributed by atoms with Crippen molar-refractivity contribution in [2.75, 3.05) is 7.05 Å². The van der Waals surface area contributed by atoms with E-state index in [0.29, 0.717) is 16.7 Å². The molecule has 1 aliphatic carbocycles. The van der Waals surface area contributed by atoms with Gasteiger partial charge in [-0.15, -0.1) is 11.3 Å². The molecule has 0 aromatic carbocycles. The van der Waals surface area contributed by atoms with E-state index < -0.39 is 10.0 Å². The number of sulfonamides is 1. The van der Waals surface area contributed by atoms with E-state index in [-0.39, 0.29) is 6.04 Å². The van der Waals surface area contributed by atoms with E-state index in [9.17, 15) is 8.42 Å². The minimum Gasteiger partial charge on any atom is -0.315 e. The molecule has 1 fully saturated rings. The highest BCUT2D eigenvalue weighted by Gasteiger charge is 2.30. The van der Waals surface area contributed by atoms with Gasteiger partial charge in [0.25, 0.3) is 0 Å². The minimum absolute atomic E-state index is 0.125. The highest BCUT2D eigenvalue weighted by atomic mass is 32.2. The van der Waals surface area contributed by atoms with Crippen LogP contribution in [-0.2, 0) is 16.6 Å². The van der Waals surface area contributed by atoms with E-state index in [0.717, 1.165) is 23.3 Å². The van der Waals surface area contributed by atoms with Gasteiger partial charge in [0.1, 0.15) is 4.21 Å². The molecule has 1 aromatic rings. The van der Waals surface area contributed by atoms with Gasteiger partial charge in [-0.05, 0) is 44.4 Å². The maximum Gasteiger partial charge on any atom is 0.250 e. The fraction of sp³-hybridized carbons (Fsp3) is 0.667. The second kappa shape index (κ2) is 5.28. The molecule has 102 valence electrons. The first kappa shape index (κ1) is 14.0. The predicted octanol–water partition coefficient (Wildman–Crippen LogP) is 1.85. The quantitative estimate of drug-likeness (QED) is 0.869. The Kier molecular flexibility index (Phi) is 4.11. The molecule has 0 aliphatic heterocycles.